The maximum absolute atomic E-state index is 15.4. The highest BCUT2D eigenvalue weighted by Crippen LogP contribution is 2.36. The third-order valence-corrected chi connectivity index (χ3v) is 6.49. The Morgan fingerprint density at radius 2 is 1.86 bits per heavy atom. The van der Waals surface area contributed by atoms with Crippen molar-refractivity contribution in [2.45, 2.75) is 4.90 Å². The van der Waals surface area contributed by atoms with Gasteiger partial charge in [-0.3, -0.25) is 9.82 Å². The van der Waals surface area contributed by atoms with Crippen LogP contribution < -0.4 is 9.46 Å². The van der Waals surface area contributed by atoms with Crippen molar-refractivity contribution in [3.8, 4) is 17.0 Å². The van der Waals surface area contributed by atoms with Crippen molar-refractivity contribution in [2.24, 2.45) is 0 Å². The summed E-state index contributed by atoms with van der Waals surface area (Å²) in [7, 11) is -2.23. The zero-order chi connectivity index (χ0) is 25.5. The van der Waals surface area contributed by atoms with Gasteiger partial charge in [-0.05, 0) is 24.3 Å². The number of ether oxygens (including phenoxy) is 2. The lowest BCUT2D eigenvalue weighted by Crippen LogP contribution is -2.16. The summed E-state index contributed by atoms with van der Waals surface area (Å²) in [6.45, 7) is 0. The van der Waals surface area contributed by atoms with Crippen molar-refractivity contribution in [3.05, 3.63) is 64.7 Å². The zero-order valence-electron chi connectivity index (χ0n) is 17.8. The smallest absolute Gasteiger partial charge is 0.359 e. The third kappa shape index (κ3) is 4.23. The van der Waals surface area contributed by atoms with Crippen molar-refractivity contribution in [1.82, 2.24) is 15.2 Å². The number of carbonyl (C=O) groups excluding carboxylic acids is 1. The van der Waals surface area contributed by atoms with Crippen LogP contribution in [0.1, 0.15) is 10.5 Å². The highest BCUT2D eigenvalue weighted by molar-refractivity contribution is 7.92. The molecular weight excluding hydrogens is 513 g/mol. The van der Waals surface area contributed by atoms with Crippen LogP contribution in [0.2, 0.25) is 5.02 Å². The van der Waals surface area contributed by atoms with Crippen LogP contribution in [0.3, 0.4) is 0 Å². The number of nitrogens with one attached hydrogen (secondary N) is 2. The fourth-order valence-corrected chi connectivity index (χ4v) is 4.76. The van der Waals surface area contributed by atoms with E-state index in [9.17, 15) is 17.6 Å². The summed E-state index contributed by atoms with van der Waals surface area (Å²) in [6, 6.07) is 4.88. The van der Waals surface area contributed by atoms with Crippen LogP contribution in [0.5, 0.6) is 5.88 Å². The first-order valence-corrected chi connectivity index (χ1v) is 11.4. The number of sulfonamides is 1. The summed E-state index contributed by atoms with van der Waals surface area (Å²) < 4.78 is 82.5. The molecule has 2 heterocycles. The molecule has 0 aliphatic rings. The van der Waals surface area contributed by atoms with Crippen LogP contribution in [0.15, 0.2) is 41.4 Å². The van der Waals surface area contributed by atoms with E-state index < -0.39 is 55.2 Å². The summed E-state index contributed by atoms with van der Waals surface area (Å²) in [5.41, 5.74) is -2.60. The number of benzene rings is 2. The number of halogens is 4. The van der Waals surface area contributed by atoms with Crippen LogP contribution in [-0.4, -0.2) is 43.8 Å². The monoisotopic (exact) mass is 526 g/mol. The van der Waals surface area contributed by atoms with Crippen molar-refractivity contribution in [2.75, 3.05) is 18.9 Å². The fraction of sp³-hybridized carbons (Fsp3) is 0.0952. The minimum atomic E-state index is -4.51. The summed E-state index contributed by atoms with van der Waals surface area (Å²) in [5.74, 6) is -4.85. The number of aromatic amines is 1. The van der Waals surface area contributed by atoms with E-state index in [1.54, 1.807) is 0 Å². The van der Waals surface area contributed by atoms with Gasteiger partial charge >= 0.3 is 5.97 Å². The van der Waals surface area contributed by atoms with Gasteiger partial charge in [0.1, 0.15) is 11.3 Å². The van der Waals surface area contributed by atoms with E-state index in [2.05, 4.69) is 19.9 Å². The molecule has 2 aromatic heterocycles. The van der Waals surface area contributed by atoms with Crippen molar-refractivity contribution < 1.29 is 35.9 Å². The molecule has 0 radical (unpaired) electrons. The summed E-state index contributed by atoms with van der Waals surface area (Å²) in [5, 5.41) is 5.97. The predicted molar refractivity (Wildman–Crippen MR) is 119 cm³/mol. The van der Waals surface area contributed by atoms with Gasteiger partial charge in [-0.1, -0.05) is 17.7 Å². The average molecular weight is 527 g/mol. The third-order valence-electron chi connectivity index (χ3n) is 4.93. The molecule has 0 spiro atoms. The van der Waals surface area contributed by atoms with E-state index in [4.69, 9.17) is 16.3 Å². The summed E-state index contributed by atoms with van der Waals surface area (Å²) >= 11 is 5.82. The standard InChI is InChI=1S/C21H14ClF3N4O5S/c1-33-20-14(7-9(22)8-26-20)35(31,32)29-13-6-5-12(23)15(17(13)25)10-3-4-11-18(16(10)24)27-28-19(11)21(30)34-2/h3-8,29H,1-2H3,(H,27,28). The number of anilines is 1. The molecule has 0 saturated carbocycles. The molecule has 4 aromatic rings. The second-order valence-corrected chi connectivity index (χ2v) is 9.05. The molecule has 0 fully saturated rings. The number of nitrogens with zero attached hydrogens (tertiary/aromatic N) is 2. The lowest BCUT2D eigenvalue weighted by Gasteiger charge is -2.14. The molecule has 35 heavy (non-hydrogen) atoms. The van der Waals surface area contributed by atoms with Gasteiger partial charge in [-0.25, -0.2) is 31.4 Å². The molecule has 0 bridgehead atoms. The Balaban J connectivity index is 1.82. The zero-order valence-corrected chi connectivity index (χ0v) is 19.4. The molecule has 14 heteroatoms. The molecule has 0 atom stereocenters. The van der Waals surface area contributed by atoms with Crippen LogP contribution >= 0.6 is 11.6 Å². The second kappa shape index (κ2) is 9.07. The molecule has 0 aliphatic heterocycles. The molecule has 9 nitrogen and oxygen atoms in total. The fourth-order valence-electron chi connectivity index (χ4n) is 3.33. The van der Waals surface area contributed by atoms with Gasteiger partial charge in [0.05, 0.1) is 30.5 Å². The van der Waals surface area contributed by atoms with E-state index in [1.165, 1.54) is 13.2 Å². The molecule has 0 aliphatic carbocycles. The molecule has 0 unspecified atom stereocenters. The number of H-pyrrole nitrogens is 1. The Kier molecular flexibility index (Phi) is 6.30. The highest BCUT2D eigenvalue weighted by Gasteiger charge is 2.27. The van der Waals surface area contributed by atoms with E-state index in [0.29, 0.717) is 0 Å². The van der Waals surface area contributed by atoms with Crippen LogP contribution in [0, 0.1) is 17.5 Å². The summed E-state index contributed by atoms with van der Waals surface area (Å²) in [4.78, 5) is 15.0. The number of hydrogen-bond acceptors (Lipinski definition) is 7. The maximum Gasteiger partial charge on any atom is 0.359 e. The number of hydrogen-bond donors (Lipinski definition) is 2. The van der Waals surface area contributed by atoms with Gasteiger partial charge in [0.25, 0.3) is 10.0 Å². The van der Waals surface area contributed by atoms with Crippen molar-refractivity contribution in [3.63, 3.8) is 0 Å². The van der Waals surface area contributed by atoms with E-state index in [-0.39, 0.29) is 27.5 Å². The normalized spacial score (nSPS) is 11.5. The number of pyridine rings is 1. The molecule has 4 rings (SSSR count). The Bertz CT molecular complexity index is 1590. The number of aromatic nitrogens is 3. The second-order valence-electron chi connectivity index (χ2n) is 6.96. The van der Waals surface area contributed by atoms with E-state index in [1.807, 2.05) is 4.72 Å². The number of carbonyl (C=O) groups is 1. The Morgan fingerprint density at radius 1 is 1.11 bits per heavy atom. The molecule has 0 amide bonds. The van der Waals surface area contributed by atoms with Crippen LogP contribution in [0.4, 0.5) is 18.9 Å². The Hall–Kier alpha value is -3.84. The lowest BCUT2D eigenvalue weighted by molar-refractivity contribution is 0.0596. The largest absolute Gasteiger partial charge is 0.480 e. The Morgan fingerprint density at radius 3 is 2.54 bits per heavy atom. The Labute approximate surface area is 200 Å². The molecular formula is C21H14ClF3N4O5S. The van der Waals surface area contributed by atoms with Crippen molar-refractivity contribution in [1.29, 1.82) is 0 Å². The number of methoxy groups -OCH3 is 2. The predicted octanol–water partition coefficient (Wildman–Crippen LogP) is 4.29. The van der Waals surface area contributed by atoms with Crippen LogP contribution in [0.25, 0.3) is 22.0 Å². The minimum absolute atomic E-state index is 0.0244. The first-order chi connectivity index (χ1) is 16.6. The number of rotatable bonds is 6. The van der Waals surface area contributed by atoms with Gasteiger partial charge in [0.2, 0.25) is 5.88 Å². The van der Waals surface area contributed by atoms with E-state index >= 15 is 8.78 Å². The summed E-state index contributed by atoms with van der Waals surface area (Å²) in [6.07, 6.45) is 1.15. The average Bonchev–Trinajstić information content (AvgIpc) is 3.27. The number of esters is 1. The van der Waals surface area contributed by atoms with Gasteiger partial charge in [0, 0.05) is 17.1 Å². The van der Waals surface area contributed by atoms with E-state index in [0.717, 1.165) is 37.6 Å². The molecule has 182 valence electrons. The van der Waals surface area contributed by atoms with Gasteiger partial charge < -0.3 is 9.47 Å². The lowest BCUT2D eigenvalue weighted by atomic mass is 10.0. The number of fused-ring (bicyclic) bond motifs is 1. The molecule has 0 saturated heterocycles. The van der Waals surface area contributed by atoms with Crippen LogP contribution in [-0.2, 0) is 14.8 Å². The minimum Gasteiger partial charge on any atom is -0.480 e. The quantitative estimate of drug-likeness (QED) is 0.359. The topological polar surface area (TPSA) is 123 Å². The molecule has 2 aromatic carbocycles. The highest BCUT2D eigenvalue weighted by atomic mass is 35.5. The van der Waals surface area contributed by atoms with Gasteiger partial charge in [0.15, 0.2) is 22.2 Å². The first-order valence-electron chi connectivity index (χ1n) is 9.54. The van der Waals surface area contributed by atoms with Crippen molar-refractivity contribution >= 4 is 44.2 Å². The van der Waals surface area contributed by atoms with Gasteiger partial charge in [-0.15, -0.1) is 0 Å². The maximum atomic E-state index is 15.4. The SMILES string of the molecule is COC(=O)c1n[nH]c2c(F)c(-c3c(F)ccc(NS(=O)(=O)c4cc(Cl)cnc4OC)c3F)ccc12. The first kappa shape index (κ1) is 24.3. The molecule has 2 N–H and O–H groups in total. The van der Waals surface area contributed by atoms with Gasteiger partial charge in [-0.2, -0.15) is 5.10 Å².